The number of rotatable bonds is 3. The van der Waals surface area contributed by atoms with E-state index in [1.165, 1.54) is 0 Å². The van der Waals surface area contributed by atoms with Crippen molar-refractivity contribution < 1.29 is 0 Å². The van der Waals surface area contributed by atoms with Crippen LogP contribution in [0, 0.1) is 11.3 Å². The number of nitriles is 1. The van der Waals surface area contributed by atoms with E-state index in [9.17, 15) is 0 Å². The van der Waals surface area contributed by atoms with Crippen LogP contribution in [0.15, 0.2) is 24.4 Å². The Kier molecular flexibility index (Phi) is 3.40. The number of hydrogen-bond donors (Lipinski definition) is 2. The minimum atomic E-state index is 0.432. The van der Waals surface area contributed by atoms with Crippen LogP contribution in [0.4, 0.5) is 11.5 Å². The fourth-order valence-electron chi connectivity index (χ4n) is 1.54. The van der Waals surface area contributed by atoms with Crippen LogP contribution in [0.5, 0.6) is 0 Å². The molecule has 0 aliphatic heterocycles. The maximum Gasteiger partial charge on any atom is 0.126 e. The van der Waals surface area contributed by atoms with Crippen molar-refractivity contribution in [1.29, 1.82) is 5.26 Å². The molecule has 2 rings (SSSR count). The Balaban J connectivity index is 2.09. The van der Waals surface area contributed by atoms with E-state index in [0.717, 1.165) is 11.3 Å². The van der Waals surface area contributed by atoms with Gasteiger partial charge in [-0.15, -0.1) is 0 Å². The maximum absolute atomic E-state index is 8.77. The third-order valence-corrected chi connectivity index (χ3v) is 2.95. The number of nitrogens with two attached hydrogens (primary N) is 1. The predicted octanol–water partition coefficient (Wildman–Crippen LogP) is 2.14. The Labute approximate surface area is 110 Å². The number of aromatic nitrogens is 2. The molecule has 0 aliphatic carbocycles. The van der Waals surface area contributed by atoms with Gasteiger partial charge in [0.05, 0.1) is 16.8 Å². The fourth-order valence-corrected chi connectivity index (χ4v) is 1.76. The average molecular weight is 262 g/mol. The zero-order chi connectivity index (χ0) is 13.1. The lowest BCUT2D eigenvalue weighted by molar-refractivity contribution is 0.778. The third-order valence-electron chi connectivity index (χ3n) is 2.64. The molecule has 0 spiro atoms. The lowest BCUT2D eigenvalue weighted by atomic mass is 10.2. The molecule has 1 aromatic heterocycles. The molecule has 0 bridgehead atoms. The van der Waals surface area contributed by atoms with Gasteiger partial charge in [-0.2, -0.15) is 10.4 Å². The van der Waals surface area contributed by atoms with E-state index in [4.69, 9.17) is 22.6 Å². The van der Waals surface area contributed by atoms with Crippen LogP contribution in [0.3, 0.4) is 0 Å². The molecule has 5 nitrogen and oxygen atoms in total. The van der Waals surface area contributed by atoms with E-state index in [-0.39, 0.29) is 0 Å². The number of aryl methyl sites for hydroxylation is 1. The summed E-state index contributed by atoms with van der Waals surface area (Å²) < 4.78 is 1.61. The lowest BCUT2D eigenvalue weighted by Crippen LogP contribution is -2.04. The van der Waals surface area contributed by atoms with Crippen LogP contribution < -0.4 is 11.1 Å². The molecule has 6 heteroatoms. The molecule has 18 heavy (non-hydrogen) atoms. The SMILES string of the molecule is Cn1ncc(CNc2ccc(C#N)c(Cl)c2)c1N. The van der Waals surface area contributed by atoms with E-state index < -0.39 is 0 Å². The first-order chi connectivity index (χ1) is 8.61. The highest BCUT2D eigenvalue weighted by Gasteiger charge is 2.05. The first-order valence-electron chi connectivity index (χ1n) is 5.31. The number of benzene rings is 1. The summed E-state index contributed by atoms with van der Waals surface area (Å²) in [6.45, 7) is 0.557. The van der Waals surface area contributed by atoms with E-state index in [1.807, 2.05) is 6.07 Å². The molecule has 0 amide bonds. The second-order valence-corrected chi connectivity index (χ2v) is 4.25. The summed E-state index contributed by atoms with van der Waals surface area (Å²) >= 11 is 5.94. The standard InChI is InChI=1S/C12H12ClN5/c1-18-12(15)9(7-17-18)6-16-10-3-2-8(5-14)11(13)4-10/h2-4,7,16H,6,15H2,1H3. The van der Waals surface area contributed by atoms with Gasteiger partial charge in [0.15, 0.2) is 0 Å². The van der Waals surface area contributed by atoms with Gasteiger partial charge in [-0.1, -0.05) is 11.6 Å². The van der Waals surface area contributed by atoms with E-state index in [1.54, 1.807) is 36.1 Å². The second kappa shape index (κ2) is 4.98. The van der Waals surface area contributed by atoms with Gasteiger partial charge < -0.3 is 11.1 Å². The monoisotopic (exact) mass is 261 g/mol. The van der Waals surface area contributed by atoms with Crippen molar-refractivity contribution in [2.45, 2.75) is 6.54 Å². The molecule has 92 valence electrons. The zero-order valence-electron chi connectivity index (χ0n) is 9.81. The molecule has 0 atom stereocenters. The molecule has 0 radical (unpaired) electrons. The summed E-state index contributed by atoms with van der Waals surface area (Å²) in [7, 11) is 1.79. The van der Waals surface area contributed by atoms with E-state index in [2.05, 4.69) is 10.4 Å². The van der Waals surface area contributed by atoms with E-state index >= 15 is 0 Å². The summed E-state index contributed by atoms with van der Waals surface area (Å²) in [4.78, 5) is 0. The predicted molar refractivity (Wildman–Crippen MR) is 71.1 cm³/mol. The Morgan fingerprint density at radius 1 is 1.56 bits per heavy atom. The van der Waals surface area contributed by atoms with Crippen molar-refractivity contribution in [3.63, 3.8) is 0 Å². The van der Waals surface area contributed by atoms with Crippen molar-refractivity contribution in [3.8, 4) is 6.07 Å². The quantitative estimate of drug-likeness (QED) is 0.887. The highest BCUT2D eigenvalue weighted by molar-refractivity contribution is 6.32. The largest absolute Gasteiger partial charge is 0.384 e. The molecule has 0 saturated carbocycles. The van der Waals surface area contributed by atoms with Crippen LogP contribution in [0.2, 0.25) is 5.02 Å². The van der Waals surface area contributed by atoms with Gasteiger partial charge >= 0.3 is 0 Å². The first-order valence-corrected chi connectivity index (χ1v) is 5.69. The number of nitrogen functional groups attached to an aromatic ring is 1. The summed E-state index contributed by atoms with van der Waals surface area (Å²) in [6, 6.07) is 7.21. The molecule has 0 aliphatic rings. The molecule has 0 unspecified atom stereocenters. The zero-order valence-corrected chi connectivity index (χ0v) is 10.6. The Bertz CT molecular complexity index is 611. The van der Waals surface area contributed by atoms with Crippen molar-refractivity contribution in [3.05, 3.63) is 40.5 Å². The van der Waals surface area contributed by atoms with Gasteiger partial charge in [0.25, 0.3) is 0 Å². The van der Waals surface area contributed by atoms with Crippen molar-refractivity contribution >= 4 is 23.1 Å². The first kappa shape index (κ1) is 12.3. The molecule has 0 saturated heterocycles. The highest BCUT2D eigenvalue weighted by Crippen LogP contribution is 2.21. The van der Waals surface area contributed by atoms with Gasteiger partial charge in [-0.3, -0.25) is 4.68 Å². The number of nitrogens with one attached hydrogen (secondary N) is 1. The minimum Gasteiger partial charge on any atom is -0.384 e. The van der Waals surface area contributed by atoms with Gasteiger partial charge in [0, 0.05) is 24.8 Å². The fraction of sp³-hybridized carbons (Fsp3) is 0.167. The Morgan fingerprint density at radius 3 is 2.89 bits per heavy atom. The van der Waals surface area contributed by atoms with Gasteiger partial charge in [-0.05, 0) is 18.2 Å². The van der Waals surface area contributed by atoms with Crippen molar-refractivity contribution in [2.24, 2.45) is 7.05 Å². The summed E-state index contributed by atoms with van der Waals surface area (Å²) in [5.41, 5.74) is 8.05. The van der Waals surface area contributed by atoms with Gasteiger partial charge in [0.1, 0.15) is 11.9 Å². The topological polar surface area (TPSA) is 79.7 Å². The van der Waals surface area contributed by atoms with Gasteiger partial charge in [-0.25, -0.2) is 0 Å². The van der Waals surface area contributed by atoms with Crippen LogP contribution in [0.1, 0.15) is 11.1 Å². The smallest absolute Gasteiger partial charge is 0.126 e. The van der Waals surface area contributed by atoms with Crippen LogP contribution in [-0.2, 0) is 13.6 Å². The molecular formula is C12H12ClN5. The number of halogens is 1. The second-order valence-electron chi connectivity index (χ2n) is 3.84. The highest BCUT2D eigenvalue weighted by atomic mass is 35.5. The number of hydrogen-bond acceptors (Lipinski definition) is 4. The minimum absolute atomic E-state index is 0.432. The molecule has 1 aromatic carbocycles. The lowest BCUT2D eigenvalue weighted by Gasteiger charge is -2.07. The van der Waals surface area contributed by atoms with Crippen LogP contribution in [0.25, 0.3) is 0 Å². The Hall–Kier alpha value is -2.19. The van der Waals surface area contributed by atoms with Crippen LogP contribution in [-0.4, -0.2) is 9.78 Å². The average Bonchev–Trinajstić information content (AvgIpc) is 2.68. The maximum atomic E-state index is 8.77. The number of nitrogens with zero attached hydrogens (tertiary/aromatic N) is 3. The molecule has 2 aromatic rings. The molecule has 1 heterocycles. The van der Waals surface area contributed by atoms with Crippen molar-refractivity contribution in [1.82, 2.24) is 9.78 Å². The molecular weight excluding hydrogens is 250 g/mol. The Morgan fingerprint density at radius 2 is 2.33 bits per heavy atom. The summed E-state index contributed by atoms with van der Waals surface area (Å²) in [5, 5.41) is 16.4. The third kappa shape index (κ3) is 2.39. The molecule has 3 N–H and O–H groups in total. The van der Waals surface area contributed by atoms with Gasteiger partial charge in [0.2, 0.25) is 0 Å². The molecule has 0 fully saturated rings. The van der Waals surface area contributed by atoms with E-state index in [0.29, 0.717) is 22.9 Å². The normalized spacial score (nSPS) is 10.1. The number of anilines is 2. The van der Waals surface area contributed by atoms with Crippen LogP contribution >= 0.6 is 11.6 Å². The van der Waals surface area contributed by atoms with Crippen molar-refractivity contribution in [2.75, 3.05) is 11.1 Å². The summed E-state index contributed by atoms with van der Waals surface area (Å²) in [6.07, 6.45) is 1.72. The summed E-state index contributed by atoms with van der Waals surface area (Å²) in [5.74, 6) is 0.627.